The maximum atomic E-state index is 2.90. The summed E-state index contributed by atoms with van der Waals surface area (Å²) in [5, 5.41) is 0. The van der Waals surface area contributed by atoms with Crippen molar-refractivity contribution in [3.63, 3.8) is 0 Å². The Bertz CT molecular complexity index is 744. The summed E-state index contributed by atoms with van der Waals surface area (Å²) in [7, 11) is 8.49. The SMILES string of the molecule is CN(C)Cc1cccc(CN(C)C)[c]1[Bi].[Se]c1ccccc1.[Se]c1ccccc1. The van der Waals surface area contributed by atoms with E-state index in [4.69, 9.17) is 0 Å². The molecule has 3 aromatic carbocycles. The topological polar surface area (TPSA) is 6.48 Å². The van der Waals surface area contributed by atoms with Gasteiger partial charge in [0.2, 0.25) is 0 Å². The van der Waals surface area contributed by atoms with Crippen LogP contribution in [-0.2, 0) is 13.1 Å². The van der Waals surface area contributed by atoms with Gasteiger partial charge in [0, 0.05) is 0 Å². The number of benzene rings is 3. The summed E-state index contributed by atoms with van der Waals surface area (Å²) in [5.41, 5.74) is 2.96. The maximum absolute atomic E-state index is 2.90. The van der Waals surface area contributed by atoms with Crippen LogP contribution in [0.3, 0.4) is 0 Å². The van der Waals surface area contributed by atoms with Gasteiger partial charge in [0.05, 0.1) is 0 Å². The van der Waals surface area contributed by atoms with E-state index in [9.17, 15) is 0 Å². The Labute approximate surface area is 208 Å². The molecule has 0 spiro atoms. The molecule has 0 aliphatic carbocycles. The Hall–Kier alpha value is -0.498. The summed E-state index contributed by atoms with van der Waals surface area (Å²) >= 11 is 7.16. The Morgan fingerprint density at radius 1 is 0.586 bits per heavy atom. The Morgan fingerprint density at radius 3 is 1.17 bits per heavy atom. The molecule has 0 N–H and O–H groups in total. The first-order chi connectivity index (χ1) is 13.8. The van der Waals surface area contributed by atoms with E-state index in [-0.39, 0.29) is 0 Å². The molecule has 2 nitrogen and oxygen atoms in total. The van der Waals surface area contributed by atoms with Crippen LogP contribution in [0, 0.1) is 0 Å². The van der Waals surface area contributed by atoms with Crippen molar-refractivity contribution in [2.24, 2.45) is 0 Å². The number of hydrogen-bond donors (Lipinski definition) is 0. The molecule has 0 aromatic heterocycles. The van der Waals surface area contributed by atoms with Gasteiger partial charge in [-0.05, 0) is 0 Å². The minimum absolute atomic E-state index is 1.05. The van der Waals surface area contributed by atoms with E-state index < -0.39 is 0 Å². The van der Waals surface area contributed by atoms with Crippen molar-refractivity contribution in [2.45, 2.75) is 13.1 Å². The van der Waals surface area contributed by atoms with Crippen LogP contribution >= 0.6 is 0 Å². The number of nitrogens with zero attached hydrogens (tertiary/aromatic N) is 2. The molecule has 5 heteroatoms. The van der Waals surface area contributed by atoms with Crippen LogP contribution in [-0.4, -0.2) is 94.7 Å². The molecule has 0 bridgehead atoms. The molecule has 0 heterocycles. The van der Waals surface area contributed by atoms with Crippen molar-refractivity contribution in [3.05, 3.63) is 90.0 Å². The third-order valence-corrected chi connectivity index (χ3v) is 7.04. The Morgan fingerprint density at radius 2 is 0.931 bits per heavy atom. The predicted molar refractivity (Wildman–Crippen MR) is 130 cm³/mol. The normalized spacial score (nSPS) is 10.0. The van der Waals surface area contributed by atoms with Crippen LogP contribution in [0.5, 0.6) is 0 Å². The van der Waals surface area contributed by atoms with Crippen LogP contribution in [0.4, 0.5) is 0 Å². The Balaban J connectivity index is 0.000000248. The zero-order chi connectivity index (χ0) is 21.6. The molecule has 0 unspecified atom stereocenters. The van der Waals surface area contributed by atoms with Crippen molar-refractivity contribution >= 4 is 68.9 Å². The van der Waals surface area contributed by atoms with Crippen molar-refractivity contribution in [1.29, 1.82) is 0 Å². The van der Waals surface area contributed by atoms with Gasteiger partial charge in [-0.2, -0.15) is 0 Å². The number of rotatable bonds is 4. The summed E-state index contributed by atoms with van der Waals surface area (Å²) in [6.07, 6.45) is 0. The summed E-state index contributed by atoms with van der Waals surface area (Å²) in [4.78, 5) is 4.46. The molecule has 0 amide bonds. The fourth-order valence-electron chi connectivity index (χ4n) is 2.42. The van der Waals surface area contributed by atoms with Crippen molar-refractivity contribution in [2.75, 3.05) is 28.2 Å². The molecule has 3 aromatic rings. The molecular weight excluding hydrogens is 683 g/mol. The first-order valence-electron chi connectivity index (χ1n) is 9.33. The molecule has 0 saturated carbocycles. The second kappa shape index (κ2) is 15.3. The van der Waals surface area contributed by atoms with Crippen LogP contribution in [0.25, 0.3) is 0 Å². The Kier molecular flexibility index (Phi) is 14.0. The van der Waals surface area contributed by atoms with Gasteiger partial charge in [-0.15, -0.1) is 0 Å². The van der Waals surface area contributed by atoms with E-state index in [1.165, 1.54) is 44.8 Å². The van der Waals surface area contributed by atoms with Gasteiger partial charge in [-0.25, -0.2) is 0 Å². The molecule has 4 radical (unpaired) electrons. The second-order valence-electron chi connectivity index (χ2n) is 7.03. The fraction of sp³-hybridized carbons (Fsp3) is 0.250. The molecule has 0 saturated heterocycles. The second-order valence-corrected chi connectivity index (χ2v) is 10.7. The summed E-state index contributed by atoms with van der Waals surface area (Å²) in [6, 6.07) is 26.8. The zero-order valence-electron chi connectivity index (χ0n) is 17.6. The minimum atomic E-state index is 1.05. The molecule has 29 heavy (non-hydrogen) atoms. The molecule has 0 fully saturated rings. The predicted octanol–water partition coefficient (Wildman–Crippen LogP) is 1.56. The fourth-order valence-corrected chi connectivity index (χ4v) is 4.21. The third kappa shape index (κ3) is 12.7. The quantitative estimate of drug-likeness (QED) is 0.380. The van der Waals surface area contributed by atoms with E-state index in [2.05, 4.69) is 88.2 Å². The van der Waals surface area contributed by atoms with E-state index in [0.717, 1.165) is 13.1 Å². The first kappa shape index (κ1) is 26.5. The molecular formula is C24H29BiN2Se2. The molecule has 0 aliphatic heterocycles. The van der Waals surface area contributed by atoms with Crippen LogP contribution in [0.15, 0.2) is 78.9 Å². The number of hydrogen-bond acceptors (Lipinski definition) is 2. The van der Waals surface area contributed by atoms with Crippen LogP contribution in [0.2, 0.25) is 0 Å². The van der Waals surface area contributed by atoms with E-state index in [1.807, 2.05) is 60.7 Å². The van der Waals surface area contributed by atoms with Crippen molar-refractivity contribution < 1.29 is 0 Å². The van der Waals surface area contributed by atoms with E-state index in [0.29, 0.717) is 0 Å². The van der Waals surface area contributed by atoms with Gasteiger partial charge >= 0.3 is 210 Å². The van der Waals surface area contributed by atoms with Gasteiger partial charge in [-0.1, -0.05) is 0 Å². The van der Waals surface area contributed by atoms with Gasteiger partial charge in [0.15, 0.2) is 0 Å². The summed E-state index contributed by atoms with van der Waals surface area (Å²) < 4.78 is 3.94. The van der Waals surface area contributed by atoms with Crippen LogP contribution in [0.1, 0.15) is 11.1 Å². The third-order valence-electron chi connectivity index (χ3n) is 3.66. The van der Waals surface area contributed by atoms with Gasteiger partial charge < -0.3 is 0 Å². The molecule has 3 rings (SSSR count). The molecule has 152 valence electrons. The monoisotopic (exact) mass is 714 g/mol. The van der Waals surface area contributed by atoms with E-state index in [1.54, 1.807) is 3.27 Å². The summed E-state index contributed by atoms with van der Waals surface area (Å²) in [6.45, 7) is 2.10. The summed E-state index contributed by atoms with van der Waals surface area (Å²) in [5.74, 6) is 0. The van der Waals surface area contributed by atoms with Gasteiger partial charge in [0.1, 0.15) is 0 Å². The first-order valence-corrected chi connectivity index (χ1v) is 12.8. The molecule has 0 atom stereocenters. The van der Waals surface area contributed by atoms with Crippen LogP contribution < -0.4 is 12.2 Å². The average Bonchev–Trinajstić information content (AvgIpc) is 2.67. The van der Waals surface area contributed by atoms with Gasteiger partial charge in [-0.3, -0.25) is 0 Å². The van der Waals surface area contributed by atoms with Crippen molar-refractivity contribution in [1.82, 2.24) is 9.80 Å². The van der Waals surface area contributed by atoms with Crippen molar-refractivity contribution in [3.8, 4) is 0 Å². The average molecular weight is 712 g/mol. The standard InChI is InChI=1S/C12H19N2.2C6H5Se.Bi/c1-13(2)9-11-6-5-7-12(8-11)10-14(3)4;2*7-6-4-2-1-3-5-6;/h5-7H,9-10H2,1-4H3;2*1-5H;. The van der Waals surface area contributed by atoms with E-state index >= 15 is 0 Å². The zero-order valence-corrected chi connectivity index (χ0v) is 24.5. The molecule has 0 aliphatic rings. The van der Waals surface area contributed by atoms with Gasteiger partial charge in [0.25, 0.3) is 0 Å².